The van der Waals surface area contributed by atoms with Crippen molar-refractivity contribution in [2.45, 2.75) is 336 Å². The summed E-state index contributed by atoms with van der Waals surface area (Å²) in [7, 11) is 0. The lowest BCUT2D eigenvalue weighted by Gasteiger charge is -2.22. The Balaban J connectivity index is 1.72. The van der Waals surface area contributed by atoms with E-state index in [9.17, 15) is 0 Å². The zero-order valence-electron chi connectivity index (χ0n) is 52.2. The Labute approximate surface area is 489 Å². The van der Waals surface area contributed by atoms with E-state index in [1.165, 1.54) is 218 Å². The van der Waals surface area contributed by atoms with Crippen molar-refractivity contribution in [3.63, 3.8) is 0 Å². The third kappa shape index (κ3) is 48.8. The highest BCUT2D eigenvalue weighted by Crippen LogP contribution is 2.19. The minimum atomic E-state index is -0.511. The van der Waals surface area contributed by atoms with Gasteiger partial charge < -0.3 is 33.2 Å². The van der Waals surface area contributed by atoms with Crippen LogP contribution in [0.4, 0.5) is 0 Å². The van der Waals surface area contributed by atoms with Crippen LogP contribution in [0.1, 0.15) is 308 Å². The van der Waals surface area contributed by atoms with Gasteiger partial charge in [-0.05, 0) is 100 Å². The Morgan fingerprint density at radius 1 is 0.291 bits per heavy atom. The van der Waals surface area contributed by atoms with E-state index < -0.39 is 12.6 Å². The molecule has 7 heteroatoms. The molecule has 2 rings (SSSR count). The van der Waals surface area contributed by atoms with Gasteiger partial charge >= 0.3 is 0 Å². The van der Waals surface area contributed by atoms with Gasteiger partial charge in [-0.3, -0.25) is 0 Å². The van der Waals surface area contributed by atoms with E-state index in [-0.39, 0.29) is 12.6 Å². The lowest BCUT2D eigenvalue weighted by Crippen LogP contribution is -2.24. The first-order valence-corrected chi connectivity index (χ1v) is 33.9. The van der Waals surface area contributed by atoms with Crippen LogP contribution >= 0.6 is 0 Å². The van der Waals surface area contributed by atoms with Crippen LogP contribution in [-0.4, -0.2) is 51.6 Å². The summed E-state index contributed by atoms with van der Waals surface area (Å²) in [6.45, 7) is 13.4. The van der Waals surface area contributed by atoms with Crippen LogP contribution < -0.4 is 0 Å². The van der Waals surface area contributed by atoms with Crippen molar-refractivity contribution in [3.8, 4) is 0 Å². The Bertz CT molecular complexity index is 1390. The molecule has 0 radical (unpaired) electrons. The molecule has 0 aliphatic carbocycles. The van der Waals surface area contributed by atoms with Crippen molar-refractivity contribution >= 4 is 0 Å². The normalized spacial score (nSPS) is 12.8. The molecule has 0 saturated carbocycles. The first-order chi connectivity index (χ1) is 39.2. The number of ether oxygens (including phenoxy) is 7. The first-order valence-electron chi connectivity index (χ1n) is 33.9. The number of rotatable bonds is 62. The van der Waals surface area contributed by atoms with Gasteiger partial charge in [-0.2, -0.15) is 0 Å². The van der Waals surface area contributed by atoms with Gasteiger partial charge in [0.05, 0.1) is 13.2 Å². The highest BCUT2D eigenvalue weighted by atomic mass is 16.8. The van der Waals surface area contributed by atoms with E-state index in [0.29, 0.717) is 13.2 Å². The minimum Gasteiger partial charge on any atom is -0.353 e. The first kappa shape index (κ1) is 72.7. The number of benzene rings is 2. The van der Waals surface area contributed by atoms with Crippen molar-refractivity contribution in [3.05, 3.63) is 96.1 Å². The van der Waals surface area contributed by atoms with E-state index >= 15 is 0 Å². The summed E-state index contributed by atoms with van der Waals surface area (Å²) in [6, 6.07) is 20.8. The fraction of sp³-hybridized carbons (Fsp3) is 0.778. The molecule has 0 saturated heterocycles. The molecule has 0 fully saturated rings. The average Bonchev–Trinajstić information content (AvgIpc) is 3.47. The highest BCUT2D eigenvalue weighted by Gasteiger charge is 2.15. The molecule has 0 amide bonds. The summed E-state index contributed by atoms with van der Waals surface area (Å²) in [6.07, 6.45) is 60.3. The highest BCUT2D eigenvalue weighted by molar-refractivity contribution is 5.14. The molecule has 2 unspecified atom stereocenters. The van der Waals surface area contributed by atoms with E-state index in [1.807, 2.05) is 12.1 Å². The summed E-state index contributed by atoms with van der Waals surface area (Å²) in [4.78, 5) is 0. The summed E-state index contributed by atoms with van der Waals surface area (Å²) < 4.78 is 44.4. The Morgan fingerprint density at radius 3 is 0.861 bits per heavy atom. The number of unbranched alkanes of at least 4 members (excludes halogenated alkanes) is 34. The second kappa shape index (κ2) is 58.8. The Morgan fingerprint density at radius 2 is 0.557 bits per heavy atom. The molecule has 0 heterocycles. The standard InChI is InChI=1S/C72H126O7/c1-5-9-13-35-49-61-73-69(74-62-50-36-14-10-6-2)57-45-31-27-23-19-17-21-25-29-33-47-59-71(77-65-67-53-41-39-42-54-67)79-72(78-66-68-55-43-40-44-56-68)60-48-34-30-26-22-18-20-24-28-32-46-58-70(75-63-51-37-15-11-7-3)76-64-52-38-16-12-8-4/h39-44,47-48,53-56,59-60,69-72H,5-38,45-46,49-52,57-58,61-66H2,1-4H3. The van der Waals surface area contributed by atoms with Crippen LogP contribution in [0.2, 0.25) is 0 Å². The summed E-state index contributed by atoms with van der Waals surface area (Å²) in [5, 5.41) is 0. The lowest BCUT2D eigenvalue weighted by molar-refractivity contribution is -0.215. The third-order valence-corrected chi connectivity index (χ3v) is 15.2. The molecule has 2 aromatic rings. The molecule has 0 aliphatic heterocycles. The Kier molecular flexibility index (Phi) is 54.2. The molecule has 0 N–H and O–H groups in total. The smallest absolute Gasteiger partial charge is 0.180 e. The molecule has 0 bridgehead atoms. The zero-order valence-corrected chi connectivity index (χ0v) is 52.2. The predicted molar refractivity (Wildman–Crippen MR) is 337 cm³/mol. The Hall–Kier alpha value is -2.36. The van der Waals surface area contributed by atoms with Crippen molar-refractivity contribution in [2.24, 2.45) is 0 Å². The van der Waals surface area contributed by atoms with Crippen LogP contribution in [0.3, 0.4) is 0 Å². The van der Waals surface area contributed by atoms with Gasteiger partial charge in [-0.15, -0.1) is 0 Å². The van der Waals surface area contributed by atoms with E-state index in [1.54, 1.807) is 0 Å². The molecular formula is C72H126O7. The molecule has 2 aromatic carbocycles. The molecule has 0 spiro atoms. The van der Waals surface area contributed by atoms with Crippen LogP contribution in [0.5, 0.6) is 0 Å². The topological polar surface area (TPSA) is 64.6 Å². The quantitative estimate of drug-likeness (QED) is 0.0371. The van der Waals surface area contributed by atoms with E-state index in [0.717, 1.165) is 88.9 Å². The van der Waals surface area contributed by atoms with Gasteiger partial charge in [-0.1, -0.05) is 293 Å². The van der Waals surface area contributed by atoms with Crippen molar-refractivity contribution in [2.75, 3.05) is 26.4 Å². The SMILES string of the molecule is CCCCCCCOC(CCCCCCCCCCCC=CC(OCc1ccccc1)OC(C=CCCCCCCCCCCCC(OCCCCCCC)OCCCCCCC)OCc1ccccc1)OCCCCCCC. The molecule has 7 nitrogen and oxygen atoms in total. The van der Waals surface area contributed by atoms with Crippen molar-refractivity contribution < 1.29 is 33.2 Å². The molecule has 79 heavy (non-hydrogen) atoms. The van der Waals surface area contributed by atoms with Gasteiger partial charge in [0.25, 0.3) is 0 Å². The minimum absolute atomic E-state index is 0.0162. The van der Waals surface area contributed by atoms with Gasteiger partial charge in [0.2, 0.25) is 0 Å². The van der Waals surface area contributed by atoms with Gasteiger partial charge in [0.1, 0.15) is 0 Å². The molecular weight excluding hydrogens is 977 g/mol. The zero-order chi connectivity index (χ0) is 56.3. The number of hydrogen-bond acceptors (Lipinski definition) is 7. The second-order valence-electron chi connectivity index (χ2n) is 22.8. The van der Waals surface area contributed by atoms with Crippen LogP contribution in [0, 0.1) is 0 Å². The molecule has 2 atom stereocenters. The maximum Gasteiger partial charge on any atom is 0.180 e. The fourth-order valence-corrected chi connectivity index (χ4v) is 10.1. The van der Waals surface area contributed by atoms with Gasteiger partial charge in [0.15, 0.2) is 25.2 Å². The summed E-state index contributed by atoms with van der Waals surface area (Å²) in [5.74, 6) is 0. The van der Waals surface area contributed by atoms with Crippen LogP contribution in [0.15, 0.2) is 85.0 Å². The van der Waals surface area contributed by atoms with Crippen molar-refractivity contribution in [1.29, 1.82) is 0 Å². The average molecular weight is 1100 g/mol. The van der Waals surface area contributed by atoms with Crippen LogP contribution in [-0.2, 0) is 46.4 Å². The van der Waals surface area contributed by atoms with Crippen LogP contribution in [0.25, 0.3) is 0 Å². The van der Waals surface area contributed by atoms with Gasteiger partial charge in [0, 0.05) is 26.4 Å². The summed E-state index contributed by atoms with van der Waals surface area (Å²) in [5.41, 5.74) is 2.26. The van der Waals surface area contributed by atoms with E-state index in [4.69, 9.17) is 33.2 Å². The largest absolute Gasteiger partial charge is 0.353 e. The number of hydrogen-bond donors (Lipinski definition) is 0. The maximum absolute atomic E-state index is 6.61. The molecule has 456 valence electrons. The second-order valence-corrected chi connectivity index (χ2v) is 22.8. The third-order valence-electron chi connectivity index (χ3n) is 15.2. The number of allylic oxidation sites excluding steroid dienone is 2. The summed E-state index contributed by atoms with van der Waals surface area (Å²) >= 11 is 0. The molecule has 0 aromatic heterocycles. The monoisotopic (exact) mass is 1100 g/mol. The van der Waals surface area contributed by atoms with E-state index in [2.05, 4.69) is 101 Å². The lowest BCUT2D eigenvalue weighted by atomic mass is 10.1. The predicted octanol–water partition coefficient (Wildman–Crippen LogP) is 22.4. The van der Waals surface area contributed by atoms with Gasteiger partial charge in [-0.25, -0.2) is 0 Å². The molecule has 0 aliphatic rings. The maximum atomic E-state index is 6.61. The van der Waals surface area contributed by atoms with Crippen molar-refractivity contribution in [1.82, 2.24) is 0 Å². The fourth-order valence-electron chi connectivity index (χ4n) is 10.1.